The molecule has 1 aromatic heterocycles. The molecule has 0 aliphatic carbocycles. The van der Waals surface area contributed by atoms with Crippen molar-refractivity contribution in [2.75, 3.05) is 4.90 Å². The standard InChI is InChI=1S/C46H29NO2/c1-3-11-30(12-4-1)31-21-23-32(24-22-31)35-27-28-43-45-38(35)16-9-17-39(45)37-26-25-34(29-44(37)48-43)47(33-13-5-2-6-14-33)41-19-10-18-40-36-15-7-8-20-42(36)49-46(40)41/h1-29H. The van der Waals surface area contributed by atoms with Gasteiger partial charge in [-0.05, 0) is 75.7 Å². The maximum atomic E-state index is 6.77. The second-order valence-electron chi connectivity index (χ2n) is 12.5. The third kappa shape index (κ3) is 4.44. The first-order valence-corrected chi connectivity index (χ1v) is 16.6. The normalized spacial score (nSPS) is 11.8. The average molecular weight is 628 g/mol. The van der Waals surface area contributed by atoms with Crippen LogP contribution in [0.2, 0.25) is 0 Å². The van der Waals surface area contributed by atoms with Gasteiger partial charge in [0, 0.05) is 33.5 Å². The molecule has 49 heavy (non-hydrogen) atoms. The van der Waals surface area contributed by atoms with Crippen LogP contribution in [0.3, 0.4) is 0 Å². The highest BCUT2D eigenvalue weighted by Gasteiger charge is 2.25. The van der Waals surface area contributed by atoms with Crippen molar-refractivity contribution < 1.29 is 9.15 Å². The van der Waals surface area contributed by atoms with E-state index in [-0.39, 0.29) is 0 Å². The molecule has 0 fully saturated rings. The first-order valence-electron chi connectivity index (χ1n) is 16.6. The molecule has 8 aromatic carbocycles. The molecule has 0 spiro atoms. The molecule has 0 radical (unpaired) electrons. The summed E-state index contributed by atoms with van der Waals surface area (Å²) in [5.41, 5.74) is 11.8. The predicted molar refractivity (Wildman–Crippen MR) is 202 cm³/mol. The second-order valence-corrected chi connectivity index (χ2v) is 12.5. The summed E-state index contributed by atoms with van der Waals surface area (Å²) >= 11 is 0. The molecule has 3 heteroatoms. The Morgan fingerprint density at radius 1 is 0.388 bits per heavy atom. The quantitative estimate of drug-likeness (QED) is 0.190. The van der Waals surface area contributed by atoms with Gasteiger partial charge in [-0.2, -0.15) is 0 Å². The van der Waals surface area contributed by atoms with E-state index in [1.165, 1.54) is 33.2 Å². The minimum Gasteiger partial charge on any atom is -0.456 e. The van der Waals surface area contributed by atoms with Crippen LogP contribution in [0.4, 0.5) is 17.1 Å². The van der Waals surface area contributed by atoms with Gasteiger partial charge in [-0.1, -0.05) is 127 Å². The Morgan fingerprint density at radius 3 is 1.92 bits per heavy atom. The topological polar surface area (TPSA) is 25.6 Å². The lowest BCUT2D eigenvalue weighted by atomic mass is 9.90. The van der Waals surface area contributed by atoms with Crippen LogP contribution in [0.15, 0.2) is 180 Å². The van der Waals surface area contributed by atoms with E-state index in [9.17, 15) is 0 Å². The van der Waals surface area contributed by atoms with E-state index < -0.39 is 0 Å². The molecule has 2 heterocycles. The maximum Gasteiger partial charge on any atom is 0.159 e. The van der Waals surface area contributed by atoms with Crippen molar-refractivity contribution in [2.24, 2.45) is 0 Å². The Bertz CT molecular complexity index is 2670. The zero-order valence-corrected chi connectivity index (χ0v) is 26.5. The molecule has 0 atom stereocenters. The Balaban J connectivity index is 1.09. The molecule has 0 amide bonds. The maximum absolute atomic E-state index is 6.77. The van der Waals surface area contributed by atoms with Crippen LogP contribution in [-0.4, -0.2) is 0 Å². The van der Waals surface area contributed by atoms with Gasteiger partial charge in [0.15, 0.2) is 5.58 Å². The molecular weight excluding hydrogens is 599 g/mol. The van der Waals surface area contributed by atoms with Gasteiger partial charge in [-0.25, -0.2) is 0 Å². The molecule has 0 saturated heterocycles. The number of hydrogen-bond donors (Lipinski definition) is 0. The van der Waals surface area contributed by atoms with Gasteiger partial charge < -0.3 is 14.1 Å². The van der Waals surface area contributed by atoms with Gasteiger partial charge in [-0.3, -0.25) is 0 Å². The van der Waals surface area contributed by atoms with E-state index >= 15 is 0 Å². The molecule has 1 aliphatic heterocycles. The number of fused-ring (bicyclic) bond motifs is 5. The van der Waals surface area contributed by atoms with Gasteiger partial charge in [0.25, 0.3) is 0 Å². The minimum absolute atomic E-state index is 0.829. The van der Waals surface area contributed by atoms with Crippen LogP contribution in [0.1, 0.15) is 0 Å². The molecular formula is C46H29NO2. The summed E-state index contributed by atoms with van der Waals surface area (Å²) in [6.45, 7) is 0. The smallest absolute Gasteiger partial charge is 0.159 e. The summed E-state index contributed by atoms with van der Waals surface area (Å²) in [4.78, 5) is 2.26. The van der Waals surface area contributed by atoms with Gasteiger partial charge in [-0.15, -0.1) is 0 Å². The summed E-state index contributed by atoms with van der Waals surface area (Å²) in [5, 5.41) is 4.52. The number of benzene rings is 8. The van der Waals surface area contributed by atoms with Crippen LogP contribution < -0.4 is 9.64 Å². The number of nitrogens with zero attached hydrogens (tertiary/aromatic N) is 1. The first-order chi connectivity index (χ1) is 24.3. The van der Waals surface area contributed by atoms with Crippen molar-refractivity contribution in [1.82, 2.24) is 0 Å². The lowest BCUT2D eigenvalue weighted by molar-refractivity contribution is 0.487. The molecule has 9 aromatic rings. The van der Waals surface area contributed by atoms with Crippen molar-refractivity contribution in [1.29, 1.82) is 0 Å². The van der Waals surface area contributed by atoms with E-state index in [0.29, 0.717) is 0 Å². The van der Waals surface area contributed by atoms with Crippen LogP contribution in [0, 0.1) is 0 Å². The third-order valence-electron chi connectivity index (χ3n) is 9.68. The Labute approximate surface area is 283 Å². The van der Waals surface area contributed by atoms with Crippen LogP contribution in [0.5, 0.6) is 11.5 Å². The largest absolute Gasteiger partial charge is 0.456 e. The molecule has 0 saturated carbocycles. The van der Waals surface area contributed by atoms with Crippen LogP contribution >= 0.6 is 0 Å². The molecule has 10 rings (SSSR count). The Morgan fingerprint density at radius 2 is 1.06 bits per heavy atom. The zero-order valence-electron chi connectivity index (χ0n) is 26.5. The summed E-state index contributed by atoms with van der Waals surface area (Å²) in [5.74, 6) is 1.70. The summed E-state index contributed by atoms with van der Waals surface area (Å²) in [7, 11) is 0. The van der Waals surface area contributed by atoms with Crippen molar-refractivity contribution in [3.05, 3.63) is 176 Å². The average Bonchev–Trinajstić information content (AvgIpc) is 3.56. The van der Waals surface area contributed by atoms with E-state index in [4.69, 9.17) is 9.15 Å². The Hall–Kier alpha value is -6.58. The number of para-hydroxylation sites is 3. The summed E-state index contributed by atoms with van der Waals surface area (Å²) in [6.07, 6.45) is 0. The summed E-state index contributed by atoms with van der Waals surface area (Å²) < 4.78 is 13.3. The summed E-state index contributed by atoms with van der Waals surface area (Å²) in [6, 6.07) is 61.8. The molecule has 3 nitrogen and oxygen atoms in total. The van der Waals surface area contributed by atoms with Crippen LogP contribution in [0.25, 0.3) is 66.1 Å². The fraction of sp³-hybridized carbons (Fsp3) is 0. The van der Waals surface area contributed by atoms with E-state index in [1.54, 1.807) is 0 Å². The van der Waals surface area contributed by atoms with Gasteiger partial charge in [0.2, 0.25) is 0 Å². The Kier molecular flexibility index (Phi) is 6.18. The highest BCUT2D eigenvalue weighted by atomic mass is 16.5. The van der Waals surface area contributed by atoms with E-state index in [1.807, 2.05) is 18.2 Å². The zero-order chi connectivity index (χ0) is 32.3. The molecule has 230 valence electrons. The molecule has 0 N–H and O–H groups in total. The van der Waals surface area contributed by atoms with Crippen LogP contribution in [-0.2, 0) is 0 Å². The van der Waals surface area contributed by atoms with E-state index in [2.05, 4.69) is 163 Å². The van der Waals surface area contributed by atoms with Crippen molar-refractivity contribution in [3.8, 4) is 44.9 Å². The fourth-order valence-corrected chi connectivity index (χ4v) is 7.40. The first kappa shape index (κ1) is 27.5. The lowest BCUT2D eigenvalue weighted by Gasteiger charge is -2.28. The number of anilines is 3. The second kappa shape index (κ2) is 11.0. The fourth-order valence-electron chi connectivity index (χ4n) is 7.40. The van der Waals surface area contributed by atoms with Gasteiger partial charge >= 0.3 is 0 Å². The third-order valence-corrected chi connectivity index (χ3v) is 9.68. The predicted octanol–water partition coefficient (Wildman–Crippen LogP) is 13.3. The highest BCUT2D eigenvalue weighted by molar-refractivity contribution is 6.12. The SMILES string of the molecule is c1ccc(-c2ccc(-c3ccc4c5c(cccc35)-c3ccc(N(c5ccccc5)c5cccc6c5oc5ccccc56)cc3O4)cc2)cc1. The van der Waals surface area contributed by atoms with Gasteiger partial charge in [0.05, 0.1) is 11.4 Å². The lowest BCUT2D eigenvalue weighted by Crippen LogP contribution is -2.10. The minimum atomic E-state index is 0.829. The number of furan rings is 1. The number of hydrogen-bond acceptors (Lipinski definition) is 3. The van der Waals surface area contributed by atoms with Crippen molar-refractivity contribution in [2.45, 2.75) is 0 Å². The van der Waals surface area contributed by atoms with Crippen molar-refractivity contribution >= 4 is 49.8 Å². The highest BCUT2D eigenvalue weighted by Crippen LogP contribution is 2.51. The molecule has 0 unspecified atom stereocenters. The monoisotopic (exact) mass is 627 g/mol. The van der Waals surface area contributed by atoms with Crippen molar-refractivity contribution in [3.63, 3.8) is 0 Å². The van der Waals surface area contributed by atoms with Gasteiger partial charge in [0.1, 0.15) is 17.1 Å². The van der Waals surface area contributed by atoms with E-state index in [0.717, 1.165) is 61.4 Å². The number of rotatable bonds is 5. The molecule has 1 aliphatic rings. The number of ether oxygens (including phenoxy) is 1. The molecule has 0 bridgehead atoms.